The van der Waals surface area contributed by atoms with Gasteiger partial charge in [0.1, 0.15) is 19.0 Å². The molecule has 1 aromatic carbocycles. The largest absolute Gasteiger partial charge is 0.499 e. The number of rotatable bonds is 18. The lowest BCUT2D eigenvalue weighted by molar-refractivity contribution is 0.0227. The molecule has 0 radical (unpaired) electrons. The van der Waals surface area contributed by atoms with E-state index in [1.54, 1.807) is 0 Å². The first-order chi connectivity index (χ1) is 12.9. The molecule has 0 saturated heterocycles. The summed E-state index contributed by atoms with van der Waals surface area (Å²) in [6, 6.07) is 8.44. The van der Waals surface area contributed by atoms with Gasteiger partial charge in [-0.3, -0.25) is 0 Å². The molecule has 0 heterocycles. The van der Waals surface area contributed by atoms with Gasteiger partial charge in [-0.15, -0.1) is 0 Å². The average molecular weight is 365 g/mol. The Hall–Kier alpha value is -1.52. The van der Waals surface area contributed by atoms with E-state index in [2.05, 4.69) is 37.8 Å². The predicted octanol–water partition coefficient (Wildman–Crippen LogP) is 5.16. The SMILES string of the molecule is C=COCCOCCOCCOc1ccc(CCCCCCCC)cc1. The Labute approximate surface area is 159 Å². The minimum Gasteiger partial charge on any atom is -0.499 e. The lowest BCUT2D eigenvalue weighted by Gasteiger charge is -2.09. The molecule has 0 unspecified atom stereocenters. The van der Waals surface area contributed by atoms with Crippen molar-refractivity contribution in [3.05, 3.63) is 42.7 Å². The molecule has 4 heteroatoms. The second kappa shape index (κ2) is 16.9. The molecule has 0 fully saturated rings. The van der Waals surface area contributed by atoms with Gasteiger partial charge in [-0.05, 0) is 30.5 Å². The van der Waals surface area contributed by atoms with E-state index in [1.807, 2.05) is 0 Å². The number of unbranched alkanes of at least 4 members (excludes halogenated alkanes) is 5. The lowest BCUT2D eigenvalue weighted by Crippen LogP contribution is -2.12. The van der Waals surface area contributed by atoms with Crippen LogP contribution in [0.15, 0.2) is 37.1 Å². The fourth-order valence-electron chi connectivity index (χ4n) is 2.59. The summed E-state index contributed by atoms with van der Waals surface area (Å²) in [6.07, 6.45) is 10.6. The number of aryl methyl sites for hydroxylation is 1. The summed E-state index contributed by atoms with van der Waals surface area (Å²) in [6.45, 7) is 9.05. The van der Waals surface area contributed by atoms with E-state index in [9.17, 15) is 0 Å². The summed E-state index contributed by atoms with van der Waals surface area (Å²) in [5, 5.41) is 0. The van der Waals surface area contributed by atoms with E-state index in [0.29, 0.717) is 39.6 Å². The minimum atomic E-state index is 0.529. The fourth-order valence-corrected chi connectivity index (χ4v) is 2.59. The van der Waals surface area contributed by atoms with Gasteiger partial charge in [0.05, 0.1) is 32.7 Å². The van der Waals surface area contributed by atoms with Gasteiger partial charge in [-0.2, -0.15) is 0 Å². The Bertz CT molecular complexity index is 430. The molecule has 0 N–H and O–H groups in total. The summed E-state index contributed by atoms with van der Waals surface area (Å²) in [5.41, 5.74) is 1.39. The maximum absolute atomic E-state index is 5.69. The van der Waals surface area contributed by atoms with Gasteiger partial charge >= 0.3 is 0 Å². The van der Waals surface area contributed by atoms with Crippen molar-refractivity contribution in [1.82, 2.24) is 0 Å². The van der Waals surface area contributed by atoms with Crippen molar-refractivity contribution >= 4 is 0 Å². The van der Waals surface area contributed by atoms with Crippen LogP contribution in [-0.2, 0) is 20.6 Å². The Morgan fingerprint density at radius 3 is 2.08 bits per heavy atom. The van der Waals surface area contributed by atoms with Gasteiger partial charge < -0.3 is 18.9 Å². The van der Waals surface area contributed by atoms with Crippen LogP contribution in [0.5, 0.6) is 5.75 Å². The number of ether oxygens (including phenoxy) is 4. The van der Waals surface area contributed by atoms with E-state index in [0.717, 1.165) is 12.2 Å². The van der Waals surface area contributed by atoms with Crippen LogP contribution in [-0.4, -0.2) is 39.6 Å². The normalized spacial score (nSPS) is 10.7. The Balaban J connectivity index is 1.97. The van der Waals surface area contributed by atoms with Crippen LogP contribution in [0.4, 0.5) is 0 Å². The molecule has 0 aliphatic rings. The summed E-state index contributed by atoms with van der Waals surface area (Å²) in [5.74, 6) is 0.901. The molecule has 26 heavy (non-hydrogen) atoms. The molecule has 0 saturated carbocycles. The van der Waals surface area contributed by atoms with Crippen molar-refractivity contribution in [2.24, 2.45) is 0 Å². The van der Waals surface area contributed by atoms with Gasteiger partial charge in [-0.1, -0.05) is 57.7 Å². The van der Waals surface area contributed by atoms with Crippen LogP contribution in [0.3, 0.4) is 0 Å². The van der Waals surface area contributed by atoms with Gasteiger partial charge in [0, 0.05) is 0 Å². The van der Waals surface area contributed by atoms with Crippen molar-refractivity contribution in [2.75, 3.05) is 39.6 Å². The smallest absolute Gasteiger partial charge is 0.119 e. The molecule has 1 aromatic rings. The highest BCUT2D eigenvalue weighted by molar-refractivity contribution is 5.27. The third kappa shape index (κ3) is 12.8. The molecule has 0 aromatic heterocycles. The highest BCUT2D eigenvalue weighted by Gasteiger charge is 1.97. The Morgan fingerprint density at radius 2 is 1.38 bits per heavy atom. The summed E-state index contributed by atoms with van der Waals surface area (Å²) in [4.78, 5) is 0. The number of hydrogen-bond acceptors (Lipinski definition) is 4. The van der Waals surface area contributed by atoms with Crippen molar-refractivity contribution < 1.29 is 18.9 Å². The van der Waals surface area contributed by atoms with E-state index in [1.165, 1.54) is 50.4 Å². The minimum absolute atomic E-state index is 0.529. The first kappa shape index (κ1) is 22.5. The molecule has 0 aliphatic carbocycles. The zero-order valence-electron chi connectivity index (χ0n) is 16.4. The summed E-state index contributed by atoms with van der Waals surface area (Å²) < 4.78 is 21.5. The zero-order chi connectivity index (χ0) is 18.7. The molecule has 0 spiro atoms. The molecule has 0 aliphatic heterocycles. The maximum Gasteiger partial charge on any atom is 0.119 e. The van der Waals surface area contributed by atoms with Gasteiger partial charge in [0.15, 0.2) is 0 Å². The van der Waals surface area contributed by atoms with Gasteiger partial charge in [0.25, 0.3) is 0 Å². The van der Waals surface area contributed by atoms with Crippen molar-refractivity contribution in [3.8, 4) is 5.75 Å². The Morgan fingerprint density at radius 1 is 0.769 bits per heavy atom. The first-order valence-corrected chi connectivity index (χ1v) is 9.96. The topological polar surface area (TPSA) is 36.9 Å². The molecule has 148 valence electrons. The molecule has 0 atom stereocenters. The molecule has 0 amide bonds. The van der Waals surface area contributed by atoms with E-state index in [-0.39, 0.29) is 0 Å². The summed E-state index contributed by atoms with van der Waals surface area (Å²) >= 11 is 0. The number of hydrogen-bond donors (Lipinski definition) is 0. The number of benzene rings is 1. The van der Waals surface area contributed by atoms with E-state index >= 15 is 0 Å². The van der Waals surface area contributed by atoms with Gasteiger partial charge in [-0.25, -0.2) is 0 Å². The first-order valence-electron chi connectivity index (χ1n) is 9.96. The van der Waals surface area contributed by atoms with Gasteiger partial charge in [0.2, 0.25) is 0 Å². The predicted molar refractivity (Wildman–Crippen MR) is 107 cm³/mol. The Kier molecular flexibility index (Phi) is 14.7. The van der Waals surface area contributed by atoms with Crippen molar-refractivity contribution in [1.29, 1.82) is 0 Å². The average Bonchev–Trinajstić information content (AvgIpc) is 2.67. The van der Waals surface area contributed by atoms with E-state index < -0.39 is 0 Å². The van der Waals surface area contributed by atoms with E-state index in [4.69, 9.17) is 18.9 Å². The maximum atomic E-state index is 5.69. The van der Waals surface area contributed by atoms with Crippen LogP contribution < -0.4 is 4.74 Å². The van der Waals surface area contributed by atoms with Crippen molar-refractivity contribution in [2.45, 2.75) is 51.9 Å². The molecule has 4 nitrogen and oxygen atoms in total. The standard InChI is InChI=1S/C22H36O4/c1-3-5-6-7-8-9-10-21-11-13-22(14-12-21)26-20-19-25-18-17-24-16-15-23-4-2/h4,11-14H,2-3,5-10,15-20H2,1H3. The quantitative estimate of drug-likeness (QED) is 0.266. The highest BCUT2D eigenvalue weighted by Crippen LogP contribution is 2.15. The second-order valence-electron chi connectivity index (χ2n) is 6.27. The van der Waals surface area contributed by atoms with Crippen molar-refractivity contribution in [3.63, 3.8) is 0 Å². The molecule has 0 bridgehead atoms. The third-order valence-corrected chi connectivity index (χ3v) is 4.07. The highest BCUT2D eigenvalue weighted by atomic mass is 16.6. The fraction of sp³-hybridized carbons (Fsp3) is 0.636. The van der Waals surface area contributed by atoms with Crippen LogP contribution in [0.2, 0.25) is 0 Å². The van der Waals surface area contributed by atoms with Crippen LogP contribution in [0.1, 0.15) is 51.0 Å². The van der Waals surface area contributed by atoms with Crippen LogP contribution in [0.25, 0.3) is 0 Å². The lowest BCUT2D eigenvalue weighted by atomic mass is 10.0. The summed E-state index contributed by atoms with van der Waals surface area (Å²) in [7, 11) is 0. The second-order valence-corrected chi connectivity index (χ2v) is 6.27. The van der Waals surface area contributed by atoms with Crippen LogP contribution in [0, 0.1) is 0 Å². The molecular formula is C22H36O4. The monoisotopic (exact) mass is 364 g/mol. The third-order valence-electron chi connectivity index (χ3n) is 4.07. The van der Waals surface area contributed by atoms with Crippen LogP contribution >= 0.6 is 0 Å². The molecule has 1 rings (SSSR count). The zero-order valence-corrected chi connectivity index (χ0v) is 16.4. The molecular weight excluding hydrogens is 328 g/mol.